The van der Waals surface area contributed by atoms with E-state index in [4.69, 9.17) is 80.4 Å². The first-order chi connectivity index (χ1) is 13.4. The van der Waals surface area contributed by atoms with Gasteiger partial charge in [-0.1, -0.05) is 23.6 Å². The predicted octanol–water partition coefficient (Wildman–Crippen LogP) is 0.905. The van der Waals surface area contributed by atoms with E-state index in [0.717, 1.165) is 0 Å². The Kier molecular flexibility index (Phi) is 10.4. The normalized spacial score (nSPS) is 41.9. The Morgan fingerprint density at radius 3 is 1.76 bits per heavy atom. The van der Waals surface area contributed by atoms with E-state index in [-0.39, 0.29) is 13.2 Å². The number of aliphatic hydroxyl groups excluding tert-OH is 2. The molecule has 2 aliphatic heterocycles. The van der Waals surface area contributed by atoms with Gasteiger partial charge in [-0.15, -0.1) is 0 Å². The fraction of sp³-hybridized carbons (Fsp3) is 1.00. The van der Waals surface area contributed by atoms with Crippen LogP contribution < -0.4 is 0 Å². The third-order valence-corrected chi connectivity index (χ3v) is 9.08. The van der Waals surface area contributed by atoms with Gasteiger partial charge in [0.15, 0.2) is 0 Å². The Balaban J connectivity index is 2.00. The van der Waals surface area contributed by atoms with Crippen molar-refractivity contribution < 1.29 is 42.5 Å². The quantitative estimate of drug-likeness (QED) is 0.310. The molecule has 172 valence electrons. The minimum Gasteiger partial charge on any atom is -0.691 e. The van der Waals surface area contributed by atoms with Crippen LogP contribution >= 0.6 is 11.4 Å². The van der Waals surface area contributed by atoms with Crippen molar-refractivity contribution in [3.63, 3.8) is 0 Å². The van der Waals surface area contributed by atoms with Gasteiger partial charge in [0.2, 0.25) is 0 Å². The molecule has 0 aliphatic carbocycles. The van der Waals surface area contributed by atoms with Crippen molar-refractivity contribution in [3.05, 3.63) is 0 Å². The summed E-state index contributed by atoms with van der Waals surface area (Å²) in [5, 5.41) is 20.6. The molecule has 15 heteroatoms. The van der Waals surface area contributed by atoms with Crippen LogP contribution in [0.1, 0.15) is 13.8 Å². The van der Waals surface area contributed by atoms with E-state index in [2.05, 4.69) is 0 Å². The second-order valence-electron chi connectivity index (χ2n) is 6.71. The summed E-state index contributed by atoms with van der Waals surface area (Å²) in [6.45, 7) is 3.51. The molecule has 0 aromatic heterocycles. The third-order valence-electron chi connectivity index (χ3n) is 4.60. The minimum absolute atomic E-state index is 0.102. The summed E-state index contributed by atoms with van der Waals surface area (Å²) in [6, 6.07) is 0. The van der Waals surface area contributed by atoms with Crippen LogP contribution in [0.4, 0.5) is 0 Å². The van der Waals surface area contributed by atoms with Crippen molar-refractivity contribution in [3.8, 4) is 0 Å². The highest BCUT2D eigenvalue weighted by atomic mass is 32.9. The molecule has 2 N–H and O–H groups in total. The average molecular weight is 529 g/mol. The van der Waals surface area contributed by atoms with Crippen molar-refractivity contribution in [1.82, 2.24) is 0 Å². The zero-order valence-electron chi connectivity index (χ0n) is 16.3. The SMILES string of the molecule is COC[C@H]1O[C@@H](C)C(O)[C@H]1OP(=S)([S-])OC[C@H]1O[C@@H](C)C(O)[C@H]1OP(=S)([S-])OC. The van der Waals surface area contributed by atoms with Crippen LogP contribution in [0.5, 0.6) is 0 Å². The maximum Gasteiger partial charge on any atom is 0.120 e. The van der Waals surface area contributed by atoms with Gasteiger partial charge in [-0.2, -0.15) is 0 Å². The van der Waals surface area contributed by atoms with Gasteiger partial charge < -0.3 is 67.0 Å². The Morgan fingerprint density at radius 2 is 1.31 bits per heavy atom. The van der Waals surface area contributed by atoms with Gasteiger partial charge in [-0.25, -0.2) is 0 Å². The van der Waals surface area contributed by atoms with Gasteiger partial charge in [0, 0.05) is 14.2 Å². The fourth-order valence-electron chi connectivity index (χ4n) is 3.07. The van der Waals surface area contributed by atoms with E-state index in [0.29, 0.717) is 0 Å². The molecule has 2 rings (SSSR count). The van der Waals surface area contributed by atoms with Crippen molar-refractivity contribution in [2.75, 3.05) is 27.4 Å². The molecule has 0 radical (unpaired) electrons. The summed E-state index contributed by atoms with van der Waals surface area (Å²) in [5.41, 5.74) is -6.17. The van der Waals surface area contributed by atoms with Crippen molar-refractivity contribution in [2.24, 2.45) is 0 Å². The molecule has 9 nitrogen and oxygen atoms in total. The average Bonchev–Trinajstić information content (AvgIpc) is 3.05. The topological polar surface area (TPSA) is 105 Å². The fourth-order valence-corrected chi connectivity index (χ4v) is 6.22. The highest BCUT2D eigenvalue weighted by Crippen LogP contribution is 2.52. The number of aliphatic hydroxyl groups is 2. The first-order valence-corrected chi connectivity index (χ1v) is 16.1. The maximum absolute atomic E-state index is 10.3. The standard InChI is InChI=1S/C14H28O9P2S4/c1-7-11(15)13(9(20-7)5-17-3)23-25(28,29)19-6-10-14(12(16)8(2)21-10)22-24(26,27)18-4/h7-16H,5-6H2,1-4H3,(H,26,27)(H,28,29)/p-2/t7-,8-,9+,10+,11?,12?,13-,14-/m0/s1. The van der Waals surface area contributed by atoms with Crippen LogP contribution in [0.15, 0.2) is 0 Å². The largest absolute Gasteiger partial charge is 0.691 e. The molecule has 2 aliphatic rings. The van der Waals surface area contributed by atoms with E-state index in [1.165, 1.54) is 14.2 Å². The lowest BCUT2D eigenvalue weighted by Crippen LogP contribution is -2.37. The molecule has 2 heterocycles. The van der Waals surface area contributed by atoms with Crippen LogP contribution in [0.25, 0.3) is 0 Å². The van der Waals surface area contributed by atoms with E-state index in [9.17, 15) is 10.2 Å². The number of methoxy groups -OCH3 is 1. The number of ether oxygens (including phenoxy) is 3. The first kappa shape index (κ1) is 26.9. The summed E-state index contributed by atoms with van der Waals surface area (Å²) < 4.78 is 38.5. The number of hydrogen-bond donors (Lipinski definition) is 2. The van der Waals surface area contributed by atoms with Gasteiger partial charge in [0.1, 0.15) is 36.6 Å². The Hall–Kier alpha value is 1.64. The molecular formula is C14H26O9P2S4-2. The molecule has 4 unspecified atom stereocenters. The zero-order valence-corrected chi connectivity index (χ0v) is 21.4. The second-order valence-corrected chi connectivity index (χ2v) is 16.7. The Labute approximate surface area is 191 Å². The van der Waals surface area contributed by atoms with Crippen LogP contribution in [0, 0.1) is 0 Å². The van der Waals surface area contributed by atoms with E-state index >= 15 is 0 Å². The summed E-state index contributed by atoms with van der Waals surface area (Å²) in [5.74, 6) is 0. The molecule has 0 aromatic rings. The van der Waals surface area contributed by atoms with Crippen LogP contribution in [0.2, 0.25) is 0 Å². The molecular weight excluding hydrogens is 502 g/mol. The summed E-state index contributed by atoms with van der Waals surface area (Å²) in [6.07, 6.45) is -5.73. The van der Waals surface area contributed by atoms with Crippen molar-refractivity contribution in [2.45, 2.75) is 62.7 Å². The maximum atomic E-state index is 10.3. The molecule has 0 aromatic carbocycles. The molecule has 29 heavy (non-hydrogen) atoms. The number of rotatable bonds is 10. The van der Waals surface area contributed by atoms with Crippen LogP contribution in [0.3, 0.4) is 0 Å². The van der Waals surface area contributed by atoms with Gasteiger partial charge in [0.25, 0.3) is 0 Å². The monoisotopic (exact) mass is 528 g/mol. The van der Waals surface area contributed by atoms with Gasteiger partial charge in [-0.3, -0.25) is 0 Å². The predicted molar refractivity (Wildman–Crippen MR) is 119 cm³/mol. The van der Waals surface area contributed by atoms with Gasteiger partial charge in [-0.05, 0) is 13.8 Å². The Morgan fingerprint density at radius 1 is 0.862 bits per heavy atom. The van der Waals surface area contributed by atoms with Crippen LogP contribution in [-0.4, -0.2) is 86.5 Å². The molecule has 0 spiro atoms. The van der Waals surface area contributed by atoms with E-state index in [1.54, 1.807) is 13.8 Å². The molecule has 0 bridgehead atoms. The van der Waals surface area contributed by atoms with E-state index < -0.39 is 60.2 Å². The Bertz CT molecular complexity index is 644. The molecule has 0 amide bonds. The first-order valence-electron chi connectivity index (χ1n) is 8.76. The highest BCUT2D eigenvalue weighted by molar-refractivity contribution is 8.51. The summed E-state index contributed by atoms with van der Waals surface area (Å²) in [4.78, 5) is 0. The van der Waals surface area contributed by atoms with E-state index in [1.807, 2.05) is 0 Å². The molecule has 2 saturated heterocycles. The number of hydrogen-bond acceptors (Lipinski definition) is 13. The van der Waals surface area contributed by atoms with Crippen molar-refractivity contribution >= 4 is 59.5 Å². The lowest BCUT2D eigenvalue weighted by molar-refractivity contribution is -0.0269. The van der Waals surface area contributed by atoms with Gasteiger partial charge in [0.05, 0.1) is 36.8 Å². The summed E-state index contributed by atoms with van der Waals surface area (Å²) in [7, 11) is 2.87. The summed E-state index contributed by atoms with van der Waals surface area (Å²) >= 11 is 20.9. The third kappa shape index (κ3) is 7.31. The molecule has 10 atom stereocenters. The molecule has 0 saturated carbocycles. The van der Waals surface area contributed by atoms with Crippen LogP contribution in [-0.2, 0) is 80.4 Å². The smallest absolute Gasteiger partial charge is 0.120 e. The van der Waals surface area contributed by atoms with Gasteiger partial charge >= 0.3 is 0 Å². The highest BCUT2D eigenvalue weighted by Gasteiger charge is 2.45. The van der Waals surface area contributed by atoms with Crippen molar-refractivity contribution in [1.29, 1.82) is 0 Å². The molecule has 2 fully saturated rings. The second kappa shape index (κ2) is 11.2. The zero-order chi connectivity index (χ0) is 22.0. The minimum atomic E-state index is -3.21. The lowest BCUT2D eigenvalue weighted by atomic mass is 10.1. The lowest BCUT2D eigenvalue weighted by Gasteiger charge is -2.36.